The van der Waals surface area contributed by atoms with E-state index in [1.807, 2.05) is 48.8 Å². The number of nitrogens with zero attached hydrogens (tertiary/aromatic N) is 2. The zero-order chi connectivity index (χ0) is 14.8. The predicted octanol–water partition coefficient (Wildman–Crippen LogP) is 5.58. The quantitative estimate of drug-likeness (QED) is 0.460. The fraction of sp³-hybridized carbons (Fsp3) is 0. The highest BCUT2D eigenvalue weighted by atomic mass is 33.1. The molecule has 0 unspecified atom stereocenters. The first-order valence-electron chi connectivity index (χ1n) is 6.93. The largest absolute Gasteiger partial charge is 0.255 e. The van der Waals surface area contributed by atoms with Crippen LogP contribution in [-0.2, 0) is 0 Å². The highest BCUT2D eigenvalue weighted by Gasteiger charge is 2.02. The lowest BCUT2D eigenvalue weighted by atomic mass is 10.2. The number of para-hydroxylation sites is 2. The van der Waals surface area contributed by atoms with Crippen LogP contribution in [0.3, 0.4) is 0 Å². The average molecular weight is 320 g/mol. The second-order valence-electron chi connectivity index (χ2n) is 4.89. The van der Waals surface area contributed by atoms with Gasteiger partial charge in [0.15, 0.2) is 0 Å². The van der Waals surface area contributed by atoms with Crippen molar-refractivity contribution in [3.05, 3.63) is 73.1 Å². The summed E-state index contributed by atoms with van der Waals surface area (Å²) in [6.45, 7) is 0. The van der Waals surface area contributed by atoms with Crippen LogP contribution >= 0.6 is 21.6 Å². The van der Waals surface area contributed by atoms with Gasteiger partial charge in [-0.2, -0.15) is 0 Å². The maximum atomic E-state index is 4.49. The SMILES string of the molecule is c1ccc2ncc(SSc3cnc4ccccc4c3)cc2c1. The third-order valence-electron chi connectivity index (χ3n) is 3.36. The monoisotopic (exact) mass is 320 g/mol. The van der Waals surface area contributed by atoms with Gasteiger partial charge in [0.1, 0.15) is 0 Å². The second kappa shape index (κ2) is 5.99. The topological polar surface area (TPSA) is 25.8 Å². The van der Waals surface area contributed by atoms with Gasteiger partial charge in [0, 0.05) is 33.0 Å². The van der Waals surface area contributed by atoms with Crippen molar-refractivity contribution in [1.29, 1.82) is 0 Å². The van der Waals surface area contributed by atoms with Crippen LogP contribution in [-0.4, -0.2) is 9.97 Å². The molecular formula is C18H12N2S2. The van der Waals surface area contributed by atoms with Crippen molar-refractivity contribution >= 4 is 43.4 Å². The molecule has 0 atom stereocenters. The standard InChI is InChI=1S/C18H12N2S2/c1-3-7-17-13(5-1)9-15(11-19-17)21-22-16-10-14-6-2-4-8-18(14)20-12-16/h1-12H. The summed E-state index contributed by atoms with van der Waals surface area (Å²) in [5, 5.41) is 2.34. The smallest absolute Gasteiger partial charge is 0.0702 e. The van der Waals surface area contributed by atoms with Crippen molar-refractivity contribution in [2.45, 2.75) is 9.79 Å². The molecule has 0 saturated carbocycles. The van der Waals surface area contributed by atoms with Crippen LogP contribution in [0.5, 0.6) is 0 Å². The third-order valence-corrected chi connectivity index (χ3v) is 5.68. The molecule has 0 spiro atoms. The van der Waals surface area contributed by atoms with Gasteiger partial charge in [-0.3, -0.25) is 9.97 Å². The molecular weight excluding hydrogens is 308 g/mol. The normalized spacial score (nSPS) is 11.1. The van der Waals surface area contributed by atoms with E-state index >= 15 is 0 Å². The molecule has 0 aliphatic heterocycles. The van der Waals surface area contributed by atoms with Crippen LogP contribution in [0.15, 0.2) is 82.8 Å². The first kappa shape index (κ1) is 13.6. The van der Waals surface area contributed by atoms with Crippen LogP contribution in [0.1, 0.15) is 0 Å². The van der Waals surface area contributed by atoms with E-state index in [0.29, 0.717) is 0 Å². The molecule has 2 heterocycles. The predicted molar refractivity (Wildman–Crippen MR) is 95.2 cm³/mol. The fourth-order valence-corrected chi connectivity index (χ4v) is 4.15. The summed E-state index contributed by atoms with van der Waals surface area (Å²) in [6, 6.07) is 20.7. The zero-order valence-corrected chi connectivity index (χ0v) is 13.3. The number of hydrogen-bond acceptors (Lipinski definition) is 4. The molecule has 4 heteroatoms. The van der Waals surface area contributed by atoms with Gasteiger partial charge in [-0.15, -0.1) is 0 Å². The lowest BCUT2D eigenvalue weighted by Crippen LogP contribution is -1.80. The number of benzene rings is 2. The molecule has 0 aliphatic rings. The fourth-order valence-electron chi connectivity index (χ4n) is 2.29. The second-order valence-corrected chi connectivity index (χ2v) is 7.17. The molecule has 22 heavy (non-hydrogen) atoms. The van der Waals surface area contributed by atoms with E-state index in [-0.39, 0.29) is 0 Å². The minimum Gasteiger partial charge on any atom is -0.255 e. The minimum atomic E-state index is 1.03. The maximum absolute atomic E-state index is 4.49. The van der Waals surface area contributed by atoms with Crippen molar-refractivity contribution in [3.63, 3.8) is 0 Å². The summed E-state index contributed by atoms with van der Waals surface area (Å²) in [7, 11) is 3.42. The molecule has 0 saturated heterocycles. The van der Waals surface area contributed by atoms with Crippen molar-refractivity contribution in [2.75, 3.05) is 0 Å². The third kappa shape index (κ3) is 2.80. The molecule has 2 aromatic heterocycles. The van der Waals surface area contributed by atoms with Crippen LogP contribution in [0.2, 0.25) is 0 Å². The highest BCUT2D eigenvalue weighted by Crippen LogP contribution is 2.38. The lowest BCUT2D eigenvalue weighted by molar-refractivity contribution is 1.30. The Balaban J connectivity index is 1.57. The average Bonchev–Trinajstić information content (AvgIpc) is 2.59. The van der Waals surface area contributed by atoms with Crippen molar-refractivity contribution in [1.82, 2.24) is 9.97 Å². The van der Waals surface area contributed by atoms with Gasteiger partial charge in [-0.25, -0.2) is 0 Å². The summed E-state index contributed by atoms with van der Waals surface area (Å²) in [5.74, 6) is 0. The van der Waals surface area contributed by atoms with Gasteiger partial charge in [0.05, 0.1) is 11.0 Å². The number of rotatable bonds is 3. The van der Waals surface area contributed by atoms with Crippen LogP contribution in [0.25, 0.3) is 21.8 Å². The van der Waals surface area contributed by atoms with Gasteiger partial charge in [0.25, 0.3) is 0 Å². The van der Waals surface area contributed by atoms with E-state index in [9.17, 15) is 0 Å². The van der Waals surface area contributed by atoms with Gasteiger partial charge in [-0.1, -0.05) is 58.0 Å². The summed E-state index contributed by atoms with van der Waals surface area (Å²) < 4.78 is 0. The van der Waals surface area contributed by atoms with Crippen LogP contribution in [0, 0.1) is 0 Å². The molecule has 0 aliphatic carbocycles. The Morgan fingerprint density at radius 2 is 1.05 bits per heavy atom. The van der Waals surface area contributed by atoms with E-state index < -0.39 is 0 Å². The Bertz CT molecular complexity index is 874. The number of fused-ring (bicyclic) bond motifs is 2. The summed E-state index contributed by atoms with van der Waals surface area (Å²) in [5.41, 5.74) is 2.06. The van der Waals surface area contributed by atoms with Gasteiger partial charge in [0.2, 0.25) is 0 Å². The molecule has 4 aromatic rings. The summed E-state index contributed by atoms with van der Waals surface area (Å²) in [4.78, 5) is 11.3. The molecule has 2 nitrogen and oxygen atoms in total. The Morgan fingerprint density at radius 3 is 1.55 bits per heavy atom. The summed E-state index contributed by atoms with van der Waals surface area (Å²) >= 11 is 0. The van der Waals surface area contributed by atoms with E-state index in [1.54, 1.807) is 21.6 Å². The first-order valence-corrected chi connectivity index (χ1v) is 9.08. The lowest BCUT2D eigenvalue weighted by Gasteiger charge is -2.04. The minimum absolute atomic E-state index is 1.03. The molecule has 0 bridgehead atoms. The van der Waals surface area contributed by atoms with Crippen molar-refractivity contribution < 1.29 is 0 Å². The van der Waals surface area contributed by atoms with Crippen LogP contribution in [0.4, 0.5) is 0 Å². The molecule has 0 N–H and O–H groups in total. The van der Waals surface area contributed by atoms with Gasteiger partial charge in [-0.05, 0) is 24.3 Å². The van der Waals surface area contributed by atoms with E-state index in [1.165, 1.54) is 10.8 Å². The van der Waals surface area contributed by atoms with Crippen molar-refractivity contribution in [2.24, 2.45) is 0 Å². The molecule has 0 amide bonds. The molecule has 4 rings (SSSR count). The Labute approximate surface area is 136 Å². The maximum Gasteiger partial charge on any atom is 0.0702 e. The van der Waals surface area contributed by atoms with Gasteiger partial charge < -0.3 is 0 Å². The highest BCUT2D eigenvalue weighted by molar-refractivity contribution is 8.76. The number of pyridine rings is 2. The molecule has 0 fully saturated rings. The Kier molecular flexibility index (Phi) is 3.70. The van der Waals surface area contributed by atoms with Crippen LogP contribution < -0.4 is 0 Å². The number of hydrogen-bond donors (Lipinski definition) is 0. The number of aromatic nitrogens is 2. The first-order chi connectivity index (χ1) is 10.9. The van der Waals surface area contributed by atoms with Gasteiger partial charge >= 0.3 is 0 Å². The Morgan fingerprint density at radius 1 is 0.591 bits per heavy atom. The van der Waals surface area contributed by atoms with E-state index in [0.717, 1.165) is 20.8 Å². The molecule has 0 radical (unpaired) electrons. The zero-order valence-electron chi connectivity index (χ0n) is 11.6. The summed E-state index contributed by atoms with van der Waals surface area (Å²) in [6.07, 6.45) is 3.85. The molecule has 106 valence electrons. The van der Waals surface area contributed by atoms with E-state index in [2.05, 4.69) is 34.2 Å². The Hall–Kier alpha value is -2.04. The van der Waals surface area contributed by atoms with Crippen molar-refractivity contribution in [3.8, 4) is 0 Å². The molecule has 2 aromatic carbocycles. The van der Waals surface area contributed by atoms with E-state index in [4.69, 9.17) is 0 Å².